The molecule has 0 bridgehead atoms. The van der Waals surface area contributed by atoms with Crippen LogP contribution in [-0.2, 0) is 7.05 Å². The van der Waals surface area contributed by atoms with Crippen LogP contribution in [0.1, 0.15) is 42.5 Å². The fourth-order valence-electron chi connectivity index (χ4n) is 3.82. The Labute approximate surface area is 176 Å². The summed E-state index contributed by atoms with van der Waals surface area (Å²) in [5.41, 5.74) is 1.15. The minimum Gasteiger partial charge on any atom is -0.363 e. The average Bonchev–Trinajstić information content (AvgIpc) is 2.77. The fourth-order valence-corrected chi connectivity index (χ4v) is 3.82. The zero-order valence-electron chi connectivity index (χ0n) is 17.1. The molecule has 0 unspecified atom stereocenters. The number of benzene rings is 1. The second kappa shape index (κ2) is 8.50. The monoisotopic (exact) mass is 429 g/mol. The van der Waals surface area contributed by atoms with Gasteiger partial charge in [0.2, 0.25) is 0 Å². The maximum atomic E-state index is 14.6. The summed E-state index contributed by atoms with van der Waals surface area (Å²) in [7, 11) is 1.64. The molecule has 0 aliphatic carbocycles. The summed E-state index contributed by atoms with van der Waals surface area (Å²) in [6.07, 6.45) is 1.26. The second-order valence-electron chi connectivity index (χ2n) is 7.49. The molecule has 0 radical (unpaired) electrons. The number of hydrogen-bond acceptors (Lipinski definition) is 5. The third-order valence-electron chi connectivity index (χ3n) is 5.49. The molecule has 162 valence electrons. The van der Waals surface area contributed by atoms with Gasteiger partial charge in [0.15, 0.2) is 0 Å². The molecule has 0 saturated heterocycles. The number of rotatable bonds is 5. The normalized spacial score (nSPS) is 15.2. The van der Waals surface area contributed by atoms with Crippen LogP contribution in [0.2, 0.25) is 0 Å². The van der Waals surface area contributed by atoms with E-state index in [1.807, 2.05) is 6.08 Å². The van der Waals surface area contributed by atoms with Gasteiger partial charge in [0.25, 0.3) is 12.0 Å². The van der Waals surface area contributed by atoms with Crippen LogP contribution >= 0.6 is 0 Å². The minimum absolute atomic E-state index is 0.105. The Bertz CT molecular complexity index is 1220. The molecule has 1 aromatic carbocycles. The summed E-state index contributed by atoms with van der Waals surface area (Å²) < 4.78 is 42.2. The highest BCUT2D eigenvalue weighted by molar-refractivity contribution is 5.89. The number of nitrogens with one attached hydrogen (secondary N) is 2. The highest BCUT2D eigenvalue weighted by Gasteiger charge is 2.21. The van der Waals surface area contributed by atoms with Gasteiger partial charge in [-0.1, -0.05) is 24.3 Å². The SMILES string of the molecule is C[C@@H](Nc1ncnc2c1cc(C1=CCCNC1)c(=O)n2C)c1cccc(C(F)F)c1F. The molecule has 9 heteroatoms. The van der Waals surface area contributed by atoms with Crippen molar-refractivity contribution in [2.45, 2.75) is 25.8 Å². The van der Waals surface area contributed by atoms with E-state index in [4.69, 9.17) is 0 Å². The third kappa shape index (κ3) is 3.93. The molecule has 0 spiro atoms. The molecule has 3 aromatic rings. The first-order valence-corrected chi connectivity index (χ1v) is 9.96. The van der Waals surface area contributed by atoms with Crippen LogP contribution in [0.4, 0.5) is 19.0 Å². The summed E-state index contributed by atoms with van der Waals surface area (Å²) in [5, 5.41) is 6.94. The Morgan fingerprint density at radius 3 is 2.71 bits per heavy atom. The van der Waals surface area contributed by atoms with Gasteiger partial charge in [0.1, 0.15) is 23.6 Å². The maximum Gasteiger partial charge on any atom is 0.266 e. The van der Waals surface area contributed by atoms with Gasteiger partial charge in [0.05, 0.1) is 17.0 Å². The van der Waals surface area contributed by atoms with Crippen LogP contribution in [0.3, 0.4) is 0 Å². The van der Waals surface area contributed by atoms with Gasteiger partial charge in [-0.05, 0) is 31.5 Å². The van der Waals surface area contributed by atoms with Crippen molar-refractivity contribution < 1.29 is 13.2 Å². The lowest BCUT2D eigenvalue weighted by atomic mass is 10.0. The van der Waals surface area contributed by atoms with Crippen molar-refractivity contribution in [3.05, 3.63) is 69.5 Å². The van der Waals surface area contributed by atoms with E-state index in [-0.39, 0.29) is 11.1 Å². The Kier molecular flexibility index (Phi) is 5.77. The predicted molar refractivity (Wildman–Crippen MR) is 114 cm³/mol. The number of fused-ring (bicyclic) bond motifs is 1. The largest absolute Gasteiger partial charge is 0.363 e. The first-order valence-electron chi connectivity index (χ1n) is 9.96. The number of aryl methyl sites for hydroxylation is 1. The molecule has 31 heavy (non-hydrogen) atoms. The van der Waals surface area contributed by atoms with E-state index < -0.39 is 23.8 Å². The van der Waals surface area contributed by atoms with Crippen LogP contribution in [0.15, 0.2) is 41.5 Å². The molecule has 2 N–H and O–H groups in total. The van der Waals surface area contributed by atoms with Crippen molar-refractivity contribution in [1.29, 1.82) is 0 Å². The summed E-state index contributed by atoms with van der Waals surface area (Å²) in [4.78, 5) is 21.4. The molecule has 4 rings (SSSR count). The van der Waals surface area contributed by atoms with Crippen LogP contribution in [0.25, 0.3) is 16.6 Å². The third-order valence-corrected chi connectivity index (χ3v) is 5.49. The predicted octanol–water partition coefficient (Wildman–Crippen LogP) is 3.96. The van der Waals surface area contributed by atoms with Gasteiger partial charge < -0.3 is 10.6 Å². The van der Waals surface area contributed by atoms with Gasteiger partial charge >= 0.3 is 0 Å². The van der Waals surface area contributed by atoms with E-state index >= 15 is 0 Å². The lowest BCUT2D eigenvalue weighted by molar-refractivity contribution is 0.146. The van der Waals surface area contributed by atoms with Crippen molar-refractivity contribution in [3.63, 3.8) is 0 Å². The van der Waals surface area contributed by atoms with Gasteiger partial charge in [-0.3, -0.25) is 9.36 Å². The van der Waals surface area contributed by atoms with Crippen molar-refractivity contribution >= 4 is 22.4 Å². The molecular formula is C22H22F3N5O. The van der Waals surface area contributed by atoms with Crippen LogP contribution in [0.5, 0.6) is 0 Å². The van der Waals surface area contributed by atoms with E-state index in [0.29, 0.717) is 29.0 Å². The number of alkyl halides is 2. The summed E-state index contributed by atoms with van der Waals surface area (Å²) in [5.74, 6) is -0.553. The molecule has 0 fully saturated rings. The van der Waals surface area contributed by atoms with Crippen molar-refractivity contribution in [1.82, 2.24) is 19.9 Å². The molecular weight excluding hydrogens is 407 g/mol. The number of hydrogen-bond donors (Lipinski definition) is 2. The van der Waals surface area contributed by atoms with E-state index in [1.54, 1.807) is 20.0 Å². The highest BCUT2D eigenvalue weighted by atomic mass is 19.3. The standard InChI is InChI=1S/C22H22F3N5O/c1-12(14-6-3-7-15(18(14)23)19(24)25)29-20-17-9-16(13-5-4-8-26-10-13)22(31)30(2)21(17)28-11-27-20/h3,5-7,9,11-12,19,26H,4,8,10H2,1-2H3,(H,27,28,29)/t12-/m1/s1. The topological polar surface area (TPSA) is 71.8 Å². The molecule has 2 aromatic heterocycles. The summed E-state index contributed by atoms with van der Waals surface area (Å²) >= 11 is 0. The Morgan fingerprint density at radius 2 is 2.00 bits per heavy atom. The summed E-state index contributed by atoms with van der Waals surface area (Å²) in [6, 6.07) is 5.03. The number of nitrogens with zero attached hydrogens (tertiary/aromatic N) is 3. The lowest BCUT2D eigenvalue weighted by Crippen LogP contribution is -2.27. The first kappa shape index (κ1) is 21.0. The fraction of sp³-hybridized carbons (Fsp3) is 0.318. The Balaban J connectivity index is 1.78. The quantitative estimate of drug-likeness (QED) is 0.643. The summed E-state index contributed by atoms with van der Waals surface area (Å²) in [6.45, 7) is 3.10. The molecule has 1 atom stereocenters. The molecule has 0 amide bonds. The Morgan fingerprint density at radius 1 is 1.23 bits per heavy atom. The molecule has 3 heterocycles. The Hall–Kier alpha value is -3.20. The second-order valence-corrected chi connectivity index (χ2v) is 7.49. The number of aromatic nitrogens is 3. The average molecular weight is 429 g/mol. The van der Waals surface area contributed by atoms with Crippen LogP contribution in [0, 0.1) is 5.82 Å². The van der Waals surface area contributed by atoms with Gasteiger partial charge in [0, 0.05) is 24.7 Å². The number of halogens is 3. The minimum atomic E-state index is -2.90. The zero-order valence-corrected chi connectivity index (χ0v) is 17.1. The number of anilines is 1. The van der Waals surface area contributed by atoms with Gasteiger partial charge in [-0.25, -0.2) is 23.1 Å². The highest BCUT2D eigenvalue weighted by Crippen LogP contribution is 2.30. The zero-order chi connectivity index (χ0) is 22.1. The van der Waals surface area contributed by atoms with E-state index in [0.717, 1.165) is 24.6 Å². The van der Waals surface area contributed by atoms with E-state index in [2.05, 4.69) is 20.6 Å². The van der Waals surface area contributed by atoms with Crippen molar-refractivity contribution in [2.24, 2.45) is 7.05 Å². The maximum absolute atomic E-state index is 14.6. The van der Waals surface area contributed by atoms with Crippen LogP contribution < -0.4 is 16.2 Å². The molecule has 1 aliphatic heterocycles. The van der Waals surface area contributed by atoms with Gasteiger partial charge in [-0.15, -0.1) is 0 Å². The van der Waals surface area contributed by atoms with Gasteiger partial charge in [-0.2, -0.15) is 0 Å². The number of pyridine rings is 1. The first-order chi connectivity index (χ1) is 14.9. The molecule has 6 nitrogen and oxygen atoms in total. The molecule has 0 saturated carbocycles. The van der Waals surface area contributed by atoms with Crippen molar-refractivity contribution in [2.75, 3.05) is 18.4 Å². The van der Waals surface area contributed by atoms with E-state index in [9.17, 15) is 18.0 Å². The van der Waals surface area contributed by atoms with E-state index in [1.165, 1.54) is 23.0 Å². The van der Waals surface area contributed by atoms with Crippen molar-refractivity contribution in [3.8, 4) is 0 Å². The molecule has 1 aliphatic rings. The smallest absolute Gasteiger partial charge is 0.266 e. The lowest BCUT2D eigenvalue weighted by Gasteiger charge is -2.19. The van der Waals surface area contributed by atoms with Crippen LogP contribution in [-0.4, -0.2) is 27.6 Å².